The number of hydrogen-bond acceptors (Lipinski definition) is 4. The summed E-state index contributed by atoms with van der Waals surface area (Å²) in [6.45, 7) is 3.17. The Morgan fingerprint density at radius 2 is 1.68 bits per heavy atom. The van der Waals surface area contributed by atoms with E-state index in [-0.39, 0.29) is 23.0 Å². The highest BCUT2D eigenvalue weighted by atomic mass is 35.5. The number of para-hydroxylation sites is 1. The van der Waals surface area contributed by atoms with E-state index in [1.165, 1.54) is 35.2 Å². The number of nitrogens with one attached hydrogen (secondary N) is 1. The second kappa shape index (κ2) is 12.7. The Hall–Kier alpha value is -3.43. The fourth-order valence-corrected chi connectivity index (χ4v) is 5.35. The van der Waals surface area contributed by atoms with Gasteiger partial charge in [0, 0.05) is 18.1 Å². The zero-order valence-corrected chi connectivity index (χ0v) is 22.2. The first kappa shape index (κ1) is 28.1. The number of sulfonamides is 1. The maximum absolute atomic E-state index is 14.8. The molecule has 0 radical (unpaired) electrons. The van der Waals surface area contributed by atoms with Gasteiger partial charge in [0.15, 0.2) is 0 Å². The van der Waals surface area contributed by atoms with E-state index in [0.717, 1.165) is 10.4 Å². The lowest BCUT2D eigenvalue weighted by molar-refractivity contribution is -0.139. The Labute approximate surface area is 221 Å². The van der Waals surface area contributed by atoms with E-state index < -0.39 is 34.3 Å². The molecule has 0 spiro atoms. The smallest absolute Gasteiger partial charge is 0.264 e. The fourth-order valence-electron chi connectivity index (χ4n) is 3.70. The molecular weight excluding hydrogens is 517 g/mol. The van der Waals surface area contributed by atoms with Gasteiger partial charge in [0.2, 0.25) is 11.8 Å². The van der Waals surface area contributed by atoms with Gasteiger partial charge >= 0.3 is 0 Å². The summed E-state index contributed by atoms with van der Waals surface area (Å²) in [4.78, 5) is 27.7. The molecule has 3 rings (SSSR count). The van der Waals surface area contributed by atoms with E-state index in [2.05, 4.69) is 5.32 Å². The molecule has 2 amide bonds. The molecule has 1 unspecified atom stereocenters. The van der Waals surface area contributed by atoms with Crippen molar-refractivity contribution in [3.8, 4) is 0 Å². The Kier molecular flexibility index (Phi) is 9.66. The standard InChI is InChI=1S/C27H29ClFN3O4S/c1-3-16-30-27(34)20(2)31(18-21-10-9-11-22(28)17-21)26(33)19-32(25-15-8-7-14-24(25)29)37(35,36)23-12-5-4-6-13-23/h4-15,17,20H,3,16,18-19H2,1-2H3,(H,30,34). The third-order valence-corrected chi connectivity index (χ3v) is 7.70. The summed E-state index contributed by atoms with van der Waals surface area (Å²) in [7, 11) is -4.32. The highest BCUT2D eigenvalue weighted by molar-refractivity contribution is 7.92. The summed E-state index contributed by atoms with van der Waals surface area (Å²) in [5.41, 5.74) is 0.379. The zero-order chi connectivity index (χ0) is 27.0. The molecule has 0 saturated heterocycles. The van der Waals surface area contributed by atoms with E-state index in [1.807, 2.05) is 6.92 Å². The van der Waals surface area contributed by atoms with Crippen molar-refractivity contribution in [1.82, 2.24) is 10.2 Å². The second-order valence-electron chi connectivity index (χ2n) is 8.39. The van der Waals surface area contributed by atoms with Gasteiger partial charge in [-0.2, -0.15) is 0 Å². The highest BCUT2D eigenvalue weighted by Gasteiger charge is 2.33. The van der Waals surface area contributed by atoms with Gasteiger partial charge in [-0.15, -0.1) is 0 Å². The van der Waals surface area contributed by atoms with Crippen molar-refractivity contribution in [1.29, 1.82) is 0 Å². The number of carbonyl (C=O) groups is 2. The lowest BCUT2D eigenvalue weighted by Gasteiger charge is -2.32. The average Bonchev–Trinajstić information content (AvgIpc) is 2.89. The highest BCUT2D eigenvalue weighted by Crippen LogP contribution is 2.27. The Morgan fingerprint density at radius 1 is 1.00 bits per heavy atom. The summed E-state index contributed by atoms with van der Waals surface area (Å²) in [5, 5.41) is 3.22. The van der Waals surface area contributed by atoms with Gasteiger partial charge in [0.1, 0.15) is 18.4 Å². The van der Waals surface area contributed by atoms with Crippen LogP contribution in [0.5, 0.6) is 0 Å². The monoisotopic (exact) mass is 545 g/mol. The molecular formula is C27H29ClFN3O4S. The quantitative estimate of drug-likeness (QED) is 0.381. The van der Waals surface area contributed by atoms with E-state index in [0.29, 0.717) is 23.6 Å². The minimum atomic E-state index is -4.32. The first-order chi connectivity index (χ1) is 17.6. The Bertz CT molecular complexity index is 1340. The molecule has 10 heteroatoms. The van der Waals surface area contributed by atoms with Crippen molar-refractivity contribution in [3.63, 3.8) is 0 Å². The molecule has 0 aliphatic heterocycles. The van der Waals surface area contributed by atoms with E-state index >= 15 is 0 Å². The van der Waals surface area contributed by atoms with Crippen molar-refractivity contribution in [2.24, 2.45) is 0 Å². The molecule has 0 aliphatic carbocycles. The molecule has 3 aromatic rings. The van der Waals surface area contributed by atoms with Crippen LogP contribution in [0.15, 0.2) is 83.8 Å². The van der Waals surface area contributed by atoms with Crippen molar-refractivity contribution in [2.75, 3.05) is 17.4 Å². The van der Waals surface area contributed by atoms with Gasteiger partial charge in [-0.1, -0.05) is 61.0 Å². The summed E-state index contributed by atoms with van der Waals surface area (Å²) in [6.07, 6.45) is 0.705. The third-order valence-electron chi connectivity index (χ3n) is 5.69. The van der Waals surface area contributed by atoms with Gasteiger partial charge in [0.25, 0.3) is 10.0 Å². The van der Waals surface area contributed by atoms with Crippen LogP contribution in [0.2, 0.25) is 5.02 Å². The molecule has 1 N–H and O–H groups in total. The third kappa shape index (κ3) is 7.08. The van der Waals surface area contributed by atoms with Crippen molar-refractivity contribution < 1.29 is 22.4 Å². The van der Waals surface area contributed by atoms with Crippen LogP contribution in [0.1, 0.15) is 25.8 Å². The van der Waals surface area contributed by atoms with Crippen LogP contribution in [0.4, 0.5) is 10.1 Å². The molecule has 0 aliphatic rings. The maximum Gasteiger partial charge on any atom is 0.264 e. The molecule has 7 nitrogen and oxygen atoms in total. The first-order valence-corrected chi connectivity index (χ1v) is 13.6. The predicted molar refractivity (Wildman–Crippen MR) is 142 cm³/mol. The van der Waals surface area contributed by atoms with E-state index in [1.54, 1.807) is 49.4 Å². The van der Waals surface area contributed by atoms with Gasteiger partial charge < -0.3 is 10.2 Å². The van der Waals surface area contributed by atoms with Crippen molar-refractivity contribution in [2.45, 2.75) is 37.8 Å². The molecule has 3 aromatic carbocycles. The molecule has 1 atom stereocenters. The number of benzene rings is 3. The van der Waals surface area contributed by atoms with Crippen LogP contribution in [0.25, 0.3) is 0 Å². The number of rotatable bonds is 11. The molecule has 196 valence electrons. The minimum Gasteiger partial charge on any atom is -0.354 e. The maximum atomic E-state index is 14.8. The molecule has 0 heterocycles. The summed E-state index contributed by atoms with van der Waals surface area (Å²) < 4.78 is 42.7. The van der Waals surface area contributed by atoms with E-state index in [9.17, 15) is 22.4 Å². The van der Waals surface area contributed by atoms with Crippen LogP contribution in [0.3, 0.4) is 0 Å². The normalized spacial score (nSPS) is 12.0. The molecule has 0 fully saturated rings. The number of carbonyl (C=O) groups excluding carboxylic acids is 2. The molecule has 0 bridgehead atoms. The zero-order valence-electron chi connectivity index (χ0n) is 20.6. The first-order valence-electron chi connectivity index (χ1n) is 11.8. The van der Waals surface area contributed by atoms with E-state index in [4.69, 9.17) is 11.6 Å². The molecule has 0 aromatic heterocycles. The minimum absolute atomic E-state index is 0.00337. The number of anilines is 1. The number of halogens is 2. The SMILES string of the molecule is CCCNC(=O)C(C)N(Cc1cccc(Cl)c1)C(=O)CN(c1ccccc1F)S(=O)(=O)c1ccccc1. The van der Waals surface area contributed by atoms with Gasteiger partial charge in [-0.3, -0.25) is 13.9 Å². The van der Waals surface area contributed by atoms with Gasteiger partial charge in [-0.05, 0) is 55.3 Å². The molecule has 0 saturated carbocycles. The van der Waals surface area contributed by atoms with Crippen LogP contribution in [-0.2, 0) is 26.2 Å². The average molecular weight is 546 g/mol. The predicted octanol–water partition coefficient (Wildman–Crippen LogP) is 4.62. The van der Waals surface area contributed by atoms with Gasteiger partial charge in [-0.25, -0.2) is 12.8 Å². The topological polar surface area (TPSA) is 86.8 Å². The Balaban J connectivity index is 2.02. The van der Waals surface area contributed by atoms with Crippen molar-refractivity contribution in [3.05, 3.63) is 95.3 Å². The number of nitrogens with zero attached hydrogens (tertiary/aromatic N) is 2. The van der Waals surface area contributed by atoms with Crippen LogP contribution in [-0.4, -0.2) is 44.3 Å². The summed E-state index contributed by atoms with van der Waals surface area (Å²) in [6, 6.07) is 18.7. The summed E-state index contributed by atoms with van der Waals surface area (Å²) >= 11 is 6.12. The molecule has 37 heavy (non-hydrogen) atoms. The number of hydrogen-bond donors (Lipinski definition) is 1. The summed E-state index contributed by atoms with van der Waals surface area (Å²) in [5.74, 6) is -1.87. The largest absolute Gasteiger partial charge is 0.354 e. The second-order valence-corrected chi connectivity index (χ2v) is 10.7. The van der Waals surface area contributed by atoms with Crippen molar-refractivity contribution >= 4 is 39.1 Å². The van der Waals surface area contributed by atoms with Crippen LogP contribution < -0.4 is 9.62 Å². The van der Waals surface area contributed by atoms with Crippen LogP contribution >= 0.6 is 11.6 Å². The Morgan fingerprint density at radius 3 is 2.32 bits per heavy atom. The van der Waals surface area contributed by atoms with Gasteiger partial charge in [0.05, 0.1) is 10.6 Å². The van der Waals surface area contributed by atoms with Crippen LogP contribution in [0, 0.1) is 5.82 Å². The fraction of sp³-hybridized carbons (Fsp3) is 0.259. The lowest BCUT2D eigenvalue weighted by Crippen LogP contribution is -2.51. The number of amides is 2. The lowest BCUT2D eigenvalue weighted by atomic mass is 10.1.